The maximum Gasteiger partial charge on any atom is 0.410 e. The van der Waals surface area contributed by atoms with E-state index in [1.165, 1.54) is 22.3 Å². The van der Waals surface area contributed by atoms with Gasteiger partial charge in [0.15, 0.2) is 5.78 Å². The van der Waals surface area contributed by atoms with Crippen LogP contribution in [0.1, 0.15) is 70.6 Å². The molecule has 0 spiro atoms. The van der Waals surface area contributed by atoms with Crippen molar-refractivity contribution in [2.24, 2.45) is 5.92 Å². The molecule has 2 saturated heterocycles. The summed E-state index contributed by atoms with van der Waals surface area (Å²) in [6, 6.07) is 24.3. The van der Waals surface area contributed by atoms with E-state index in [0.717, 1.165) is 24.8 Å². The highest BCUT2D eigenvalue weighted by Crippen LogP contribution is 2.45. The first kappa shape index (κ1) is 23.5. The van der Waals surface area contributed by atoms with Gasteiger partial charge in [0.2, 0.25) is 0 Å². The van der Waals surface area contributed by atoms with Gasteiger partial charge in [-0.15, -0.1) is 0 Å². The zero-order valence-corrected chi connectivity index (χ0v) is 21.0. The lowest BCUT2D eigenvalue weighted by Gasteiger charge is -2.47. The van der Waals surface area contributed by atoms with E-state index in [0.29, 0.717) is 30.6 Å². The largest absolute Gasteiger partial charge is 0.448 e. The van der Waals surface area contributed by atoms with Crippen LogP contribution in [0.5, 0.6) is 0 Å². The van der Waals surface area contributed by atoms with Crippen molar-refractivity contribution in [2.45, 2.75) is 57.0 Å². The van der Waals surface area contributed by atoms with Crippen LogP contribution in [0.2, 0.25) is 0 Å². The van der Waals surface area contributed by atoms with Crippen molar-refractivity contribution in [3.8, 4) is 17.2 Å². The molecular formula is C32H30N2O3. The Labute approximate surface area is 217 Å². The Hall–Kier alpha value is -3.91. The van der Waals surface area contributed by atoms with Crippen LogP contribution in [-0.4, -0.2) is 35.5 Å². The lowest BCUT2D eigenvalue weighted by atomic mass is 9.75. The third kappa shape index (κ3) is 4.11. The van der Waals surface area contributed by atoms with E-state index in [4.69, 9.17) is 4.74 Å². The summed E-state index contributed by atoms with van der Waals surface area (Å²) in [4.78, 5) is 28.9. The van der Waals surface area contributed by atoms with Crippen LogP contribution in [0.15, 0.2) is 66.7 Å². The molecule has 1 aliphatic carbocycles. The van der Waals surface area contributed by atoms with Crippen LogP contribution in [0, 0.1) is 24.2 Å². The fraction of sp³-hybridized carbons (Fsp3) is 0.344. The Morgan fingerprint density at radius 2 is 1.57 bits per heavy atom. The Bertz CT molecular complexity index is 1360. The number of fused-ring (bicyclic) bond motifs is 5. The lowest BCUT2D eigenvalue weighted by Crippen LogP contribution is -2.56. The SMILES string of the molecule is Cc1ccc(C#N)c(C(=O)C2CC3CCCC(C2)N3C(=O)OCC2c3ccccc3-c3ccccc32)c1. The van der Waals surface area contributed by atoms with Crippen molar-refractivity contribution in [2.75, 3.05) is 6.61 Å². The Morgan fingerprint density at radius 1 is 0.946 bits per heavy atom. The molecule has 1 amide bonds. The van der Waals surface area contributed by atoms with Gasteiger partial charge in [0, 0.05) is 29.5 Å². The third-order valence-electron chi connectivity index (χ3n) is 8.45. The summed E-state index contributed by atoms with van der Waals surface area (Å²) in [7, 11) is 0. The predicted molar refractivity (Wildman–Crippen MR) is 141 cm³/mol. The Balaban J connectivity index is 1.18. The second-order valence-corrected chi connectivity index (χ2v) is 10.6. The van der Waals surface area contributed by atoms with E-state index in [1.807, 2.05) is 48.2 Å². The van der Waals surface area contributed by atoms with E-state index in [2.05, 4.69) is 30.3 Å². The molecule has 37 heavy (non-hydrogen) atoms. The average Bonchev–Trinajstić information content (AvgIpc) is 3.24. The number of rotatable bonds is 4. The molecule has 5 heteroatoms. The zero-order valence-electron chi connectivity index (χ0n) is 21.0. The highest BCUT2D eigenvalue weighted by atomic mass is 16.6. The van der Waals surface area contributed by atoms with E-state index >= 15 is 0 Å². The number of ketones is 1. The molecule has 5 nitrogen and oxygen atoms in total. The van der Waals surface area contributed by atoms with Gasteiger partial charge in [-0.3, -0.25) is 4.79 Å². The first-order valence-electron chi connectivity index (χ1n) is 13.2. The fourth-order valence-corrected chi connectivity index (χ4v) is 6.74. The summed E-state index contributed by atoms with van der Waals surface area (Å²) in [5.41, 5.74) is 6.74. The molecule has 2 atom stereocenters. The number of carbonyl (C=O) groups is 2. The smallest absolute Gasteiger partial charge is 0.410 e. The number of amides is 1. The van der Waals surface area contributed by atoms with E-state index in [-0.39, 0.29) is 35.8 Å². The molecule has 2 bridgehead atoms. The number of hydrogen-bond donors (Lipinski definition) is 0. The molecular weight excluding hydrogens is 460 g/mol. The lowest BCUT2D eigenvalue weighted by molar-refractivity contribution is 0.00650. The van der Waals surface area contributed by atoms with Crippen LogP contribution in [0.25, 0.3) is 11.1 Å². The molecule has 0 radical (unpaired) electrons. The molecule has 0 saturated carbocycles. The van der Waals surface area contributed by atoms with E-state index < -0.39 is 0 Å². The van der Waals surface area contributed by atoms with Crippen molar-refractivity contribution in [3.63, 3.8) is 0 Å². The minimum Gasteiger partial charge on any atom is -0.448 e. The van der Waals surface area contributed by atoms with Gasteiger partial charge in [-0.1, -0.05) is 60.2 Å². The van der Waals surface area contributed by atoms with Crippen LogP contribution in [0.4, 0.5) is 4.79 Å². The highest BCUT2D eigenvalue weighted by Gasteiger charge is 2.44. The minimum absolute atomic E-state index is 0.00699. The summed E-state index contributed by atoms with van der Waals surface area (Å²) in [5.74, 6) is -0.118. The van der Waals surface area contributed by atoms with Gasteiger partial charge in [-0.05, 0) is 73.4 Å². The van der Waals surface area contributed by atoms with Crippen molar-refractivity contribution in [1.29, 1.82) is 5.26 Å². The molecule has 2 fully saturated rings. The zero-order chi connectivity index (χ0) is 25.5. The van der Waals surface area contributed by atoms with Crippen molar-refractivity contribution >= 4 is 11.9 Å². The molecule has 2 aliphatic heterocycles. The molecule has 2 heterocycles. The molecule has 2 unspecified atom stereocenters. The number of carbonyl (C=O) groups excluding carboxylic acids is 2. The van der Waals surface area contributed by atoms with Crippen LogP contribution >= 0.6 is 0 Å². The van der Waals surface area contributed by atoms with Crippen molar-refractivity contribution < 1.29 is 14.3 Å². The van der Waals surface area contributed by atoms with Crippen molar-refractivity contribution in [3.05, 3.63) is 94.5 Å². The Morgan fingerprint density at radius 3 is 2.19 bits per heavy atom. The summed E-state index contributed by atoms with van der Waals surface area (Å²) in [6.07, 6.45) is 3.79. The summed E-state index contributed by atoms with van der Waals surface area (Å²) >= 11 is 0. The second-order valence-electron chi connectivity index (χ2n) is 10.6. The number of hydrogen-bond acceptors (Lipinski definition) is 4. The molecule has 6 rings (SSSR count). The minimum atomic E-state index is -0.268. The van der Waals surface area contributed by atoms with E-state index in [1.54, 1.807) is 6.07 Å². The summed E-state index contributed by atoms with van der Waals surface area (Å²) < 4.78 is 6.01. The number of nitrogens with zero attached hydrogens (tertiary/aromatic N) is 2. The standard InChI is InChI=1S/C32H30N2O3/c1-20-13-14-21(18-33)29(15-20)31(35)22-16-23-7-6-8-24(17-22)34(23)32(36)37-19-30-27-11-4-2-9-25(27)26-10-3-5-12-28(26)30/h2-5,9-15,22-24,30H,6-8,16-17,19H2,1H3. The molecule has 3 aromatic rings. The van der Waals surface area contributed by atoms with Crippen molar-refractivity contribution in [1.82, 2.24) is 4.90 Å². The quantitative estimate of drug-likeness (QED) is 0.385. The Kier molecular flexibility index (Phi) is 6.04. The van der Waals surface area contributed by atoms with Crippen LogP contribution in [0.3, 0.4) is 0 Å². The first-order chi connectivity index (χ1) is 18.0. The van der Waals surface area contributed by atoms with E-state index in [9.17, 15) is 14.9 Å². The molecule has 186 valence electrons. The van der Waals surface area contributed by atoms with Gasteiger partial charge >= 0.3 is 6.09 Å². The maximum absolute atomic E-state index is 13.5. The number of benzene rings is 3. The summed E-state index contributed by atoms with van der Waals surface area (Å²) in [6.45, 7) is 2.24. The van der Waals surface area contributed by atoms with Gasteiger partial charge in [-0.25, -0.2) is 4.79 Å². The number of aryl methyl sites for hydroxylation is 1. The maximum atomic E-state index is 13.5. The van der Waals surface area contributed by atoms with Gasteiger partial charge in [0.1, 0.15) is 6.61 Å². The predicted octanol–water partition coefficient (Wildman–Crippen LogP) is 6.63. The molecule has 0 N–H and O–H groups in total. The summed E-state index contributed by atoms with van der Waals surface area (Å²) in [5, 5.41) is 9.53. The monoisotopic (exact) mass is 490 g/mol. The average molecular weight is 491 g/mol. The number of piperidine rings is 2. The molecule has 0 aromatic heterocycles. The molecule has 3 aliphatic rings. The second kappa shape index (κ2) is 9.52. The molecule has 3 aromatic carbocycles. The number of nitriles is 1. The number of ether oxygens (including phenoxy) is 1. The van der Waals surface area contributed by atoms with Gasteiger partial charge in [0.05, 0.1) is 11.6 Å². The van der Waals surface area contributed by atoms with Gasteiger partial charge < -0.3 is 9.64 Å². The normalized spacial score (nSPS) is 22.1. The van der Waals surface area contributed by atoms with Gasteiger partial charge in [-0.2, -0.15) is 5.26 Å². The third-order valence-corrected chi connectivity index (χ3v) is 8.45. The fourth-order valence-electron chi connectivity index (χ4n) is 6.74. The highest BCUT2D eigenvalue weighted by molar-refractivity contribution is 6.00. The first-order valence-corrected chi connectivity index (χ1v) is 13.2. The van der Waals surface area contributed by atoms with Crippen LogP contribution < -0.4 is 0 Å². The number of Topliss-reactive ketones (excluding diaryl/α,β-unsaturated/α-hetero) is 1. The van der Waals surface area contributed by atoms with Crippen LogP contribution in [-0.2, 0) is 4.74 Å². The topological polar surface area (TPSA) is 70.4 Å². The van der Waals surface area contributed by atoms with Gasteiger partial charge in [0.25, 0.3) is 0 Å².